The molecule has 11 rings (SSSR count). The van der Waals surface area contributed by atoms with Gasteiger partial charge in [0.2, 0.25) is 0 Å². The van der Waals surface area contributed by atoms with Gasteiger partial charge in [0.15, 0.2) is 6.17 Å². The highest BCUT2D eigenvalue weighted by Gasteiger charge is 2.36. The first kappa shape index (κ1) is 34.5. The summed E-state index contributed by atoms with van der Waals surface area (Å²) in [5.74, 6) is 1.60. The molecule has 3 heterocycles. The number of aliphatic imine (C=N–C) groups is 2. The van der Waals surface area contributed by atoms with E-state index in [1.54, 1.807) is 0 Å². The number of amidine groups is 2. The first-order valence-corrected chi connectivity index (χ1v) is 20.2. The Labute approximate surface area is 344 Å². The summed E-state index contributed by atoms with van der Waals surface area (Å²) >= 11 is 0. The molecule has 0 aliphatic carbocycles. The first-order valence-electron chi connectivity index (χ1n) is 20.2. The Bertz CT molecular complexity index is 2900. The summed E-state index contributed by atoms with van der Waals surface area (Å²) in [7, 11) is 0. The Morgan fingerprint density at radius 1 is 0.475 bits per heavy atom. The molecule has 0 saturated carbocycles. The molecule has 2 atom stereocenters. The number of nitrogens with zero attached hydrogens (tertiary/aromatic N) is 3. The van der Waals surface area contributed by atoms with Gasteiger partial charge in [-0.25, -0.2) is 9.98 Å². The van der Waals surface area contributed by atoms with Crippen molar-refractivity contribution < 1.29 is 0 Å². The number of hydrogen-bond acceptors (Lipinski definition) is 6. The molecular formula is C53H40N6. The van der Waals surface area contributed by atoms with E-state index < -0.39 is 0 Å². The van der Waals surface area contributed by atoms with E-state index in [0.29, 0.717) is 0 Å². The van der Waals surface area contributed by atoms with Crippen LogP contribution in [0.15, 0.2) is 204 Å². The van der Waals surface area contributed by atoms with Gasteiger partial charge in [-0.3, -0.25) is 0 Å². The van der Waals surface area contributed by atoms with Crippen molar-refractivity contribution in [3.63, 3.8) is 0 Å². The summed E-state index contributed by atoms with van der Waals surface area (Å²) in [5.41, 5.74) is 15.1. The Hall–Kier alpha value is -7.70. The van der Waals surface area contributed by atoms with Gasteiger partial charge in [0, 0.05) is 34.3 Å². The molecular weight excluding hydrogens is 721 g/mol. The van der Waals surface area contributed by atoms with E-state index in [2.05, 4.69) is 197 Å². The largest absolute Gasteiger partial charge is 0.387 e. The molecule has 2 unspecified atom stereocenters. The van der Waals surface area contributed by atoms with Crippen molar-refractivity contribution in [2.45, 2.75) is 18.9 Å². The maximum Gasteiger partial charge on any atom is 0.169 e. The number of hydrogen-bond donors (Lipinski definition) is 3. The van der Waals surface area contributed by atoms with E-state index in [-0.39, 0.29) is 12.3 Å². The van der Waals surface area contributed by atoms with Gasteiger partial charge in [0.25, 0.3) is 0 Å². The Morgan fingerprint density at radius 3 is 1.61 bits per heavy atom. The van der Waals surface area contributed by atoms with Crippen LogP contribution in [0.3, 0.4) is 0 Å². The minimum Gasteiger partial charge on any atom is -0.387 e. The second-order valence-corrected chi connectivity index (χ2v) is 15.1. The molecule has 59 heavy (non-hydrogen) atoms. The van der Waals surface area contributed by atoms with Crippen molar-refractivity contribution in [2.75, 3.05) is 10.2 Å². The third-order valence-corrected chi connectivity index (χ3v) is 11.6. The minimum absolute atomic E-state index is 0.0806. The van der Waals surface area contributed by atoms with Crippen LogP contribution < -0.4 is 20.9 Å². The highest BCUT2D eigenvalue weighted by Crippen LogP contribution is 2.53. The van der Waals surface area contributed by atoms with Gasteiger partial charge < -0.3 is 20.9 Å². The molecule has 0 spiro atoms. The maximum atomic E-state index is 5.15. The van der Waals surface area contributed by atoms with Crippen molar-refractivity contribution in [1.29, 1.82) is 0 Å². The van der Waals surface area contributed by atoms with Crippen LogP contribution in [0.5, 0.6) is 0 Å². The molecule has 0 amide bonds. The van der Waals surface area contributed by atoms with Gasteiger partial charge in [0.05, 0.1) is 11.4 Å². The van der Waals surface area contributed by atoms with Gasteiger partial charge in [0.1, 0.15) is 17.8 Å². The number of nitrogens with one attached hydrogen (secondary N) is 3. The lowest BCUT2D eigenvalue weighted by Crippen LogP contribution is -2.36. The van der Waals surface area contributed by atoms with Crippen LogP contribution >= 0.6 is 0 Å². The van der Waals surface area contributed by atoms with Crippen LogP contribution in [-0.2, 0) is 6.54 Å². The van der Waals surface area contributed by atoms with Crippen molar-refractivity contribution in [3.05, 3.63) is 228 Å². The van der Waals surface area contributed by atoms with Gasteiger partial charge in [-0.1, -0.05) is 176 Å². The second kappa shape index (κ2) is 14.7. The number of fused-ring (bicyclic) bond motifs is 6. The molecule has 0 saturated heterocycles. The van der Waals surface area contributed by atoms with Crippen LogP contribution in [0.1, 0.15) is 45.7 Å². The number of anilines is 3. The smallest absolute Gasteiger partial charge is 0.169 e. The molecule has 3 N–H and O–H groups in total. The van der Waals surface area contributed by atoms with Crippen LogP contribution in [0.2, 0.25) is 0 Å². The van der Waals surface area contributed by atoms with E-state index in [4.69, 9.17) is 9.98 Å². The molecule has 8 aromatic rings. The van der Waals surface area contributed by atoms with Gasteiger partial charge in [-0.2, -0.15) is 0 Å². The van der Waals surface area contributed by atoms with Crippen molar-refractivity contribution in [3.8, 4) is 22.3 Å². The lowest BCUT2D eigenvalue weighted by atomic mass is 9.93. The zero-order chi connectivity index (χ0) is 39.1. The van der Waals surface area contributed by atoms with Crippen molar-refractivity contribution >= 4 is 45.6 Å². The maximum absolute atomic E-state index is 5.15. The van der Waals surface area contributed by atoms with E-state index in [9.17, 15) is 0 Å². The molecule has 0 radical (unpaired) electrons. The van der Waals surface area contributed by atoms with Crippen LogP contribution in [0.4, 0.5) is 17.1 Å². The fourth-order valence-electron chi connectivity index (χ4n) is 8.66. The van der Waals surface area contributed by atoms with Gasteiger partial charge in [-0.05, 0) is 68.7 Å². The molecule has 6 nitrogen and oxygen atoms in total. The van der Waals surface area contributed by atoms with Crippen molar-refractivity contribution in [1.82, 2.24) is 10.6 Å². The first-order chi connectivity index (χ1) is 29.2. The molecule has 3 aliphatic rings. The van der Waals surface area contributed by atoms with E-state index >= 15 is 0 Å². The Kier molecular flexibility index (Phi) is 8.59. The second-order valence-electron chi connectivity index (χ2n) is 15.1. The molecule has 3 aliphatic heterocycles. The van der Waals surface area contributed by atoms with Crippen LogP contribution in [0, 0.1) is 0 Å². The topological polar surface area (TPSA) is 64.0 Å². The zero-order valence-corrected chi connectivity index (χ0v) is 32.3. The van der Waals surface area contributed by atoms with Crippen LogP contribution in [0.25, 0.3) is 39.1 Å². The summed E-state index contributed by atoms with van der Waals surface area (Å²) in [5, 5.41) is 13.5. The highest BCUT2D eigenvalue weighted by molar-refractivity contribution is 6.16. The predicted molar refractivity (Wildman–Crippen MR) is 244 cm³/mol. The summed E-state index contributed by atoms with van der Waals surface area (Å²) < 4.78 is 0. The fourth-order valence-corrected chi connectivity index (χ4v) is 8.66. The third-order valence-electron chi connectivity index (χ3n) is 11.6. The average molecular weight is 761 g/mol. The SMILES string of the molecule is C1=Cc2c(c3c(c4ccccc24)N(c2ccccc2)C(c2ccc(-c4ccc(C5=NC(c6ccc(-c7ccccc7)cc6)N=C(c6ccccc6)N5)cc4)cc2)N3)CN1. The van der Waals surface area contributed by atoms with Gasteiger partial charge in [-0.15, -0.1) is 0 Å². The molecule has 8 aromatic carbocycles. The summed E-state index contributed by atoms with van der Waals surface area (Å²) in [6.07, 6.45) is 3.81. The van der Waals surface area contributed by atoms with E-state index in [1.165, 1.54) is 50.0 Å². The number of para-hydroxylation sites is 1. The van der Waals surface area contributed by atoms with Crippen molar-refractivity contribution in [2.24, 2.45) is 9.98 Å². The fraction of sp³-hybridized carbons (Fsp3) is 0.0566. The van der Waals surface area contributed by atoms with Gasteiger partial charge >= 0.3 is 0 Å². The van der Waals surface area contributed by atoms with Crippen LogP contribution in [-0.4, -0.2) is 11.7 Å². The highest BCUT2D eigenvalue weighted by atomic mass is 15.3. The Morgan fingerprint density at radius 2 is 0.966 bits per heavy atom. The lowest BCUT2D eigenvalue weighted by Gasteiger charge is -2.28. The summed E-state index contributed by atoms with van der Waals surface area (Å²) in [6.45, 7) is 0.779. The van der Waals surface area contributed by atoms with E-state index in [1.807, 2.05) is 24.3 Å². The zero-order valence-electron chi connectivity index (χ0n) is 32.3. The number of rotatable bonds is 7. The average Bonchev–Trinajstić information content (AvgIpc) is 3.74. The lowest BCUT2D eigenvalue weighted by molar-refractivity contribution is 0.756. The quantitative estimate of drug-likeness (QED) is 0.151. The summed E-state index contributed by atoms with van der Waals surface area (Å²) in [6, 6.07) is 66.5. The molecule has 0 aromatic heterocycles. The standard InChI is InChI=1S/C53H40N6/c1-4-12-35(13-5-1)36-20-26-40(27-21-36)51-56-50(39-14-6-2-7-15-39)57-52(58-51)41-28-22-37(23-29-41)38-24-30-42(31-25-38)53-55-48-47-34-54-33-32-45(47)44-18-10-11-19-46(44)49(48)59(53)43-16-8-3-9-17-43/h1-33,51,53-55H,34H2,(H,56,57,58). The normalized spacial score (nSPS) is 16.6. The molecule has 6 heteroatoms. The van der Waals surface area contributed by atoms with E-state index in [0.717, 1.165) is 51.7 Å². The third kappa shape index (κ3) is 6.32. The Balaban J connectivity index is 0.897. The molecule has 282 valence electrons. The summed E-state index contributed by atoms with van der Waals surface area (Å²) in [4.78, 5) is 12.7. The molecule has 0 bridgehead atoms. The minimum atomic E-state index is -0.375. The number of benzene rings is 8. The predicted octanol–water partition coefficient (Wildman–Crippen LogP) is 12.0. The molecule has 0 fully saturated rings. The monoisotopic (exact) mass is 760 g/mol.